The summed E-state index contributed by atoms with van der Waals surface area (Å²) in [5.74, 6) is -1.09. The number of halogens is 2. The maximum Gasteiger partial charge on any atom is 0.322 e. The molecule has 27 heavy (non-hydrogen) atoms. The summed E-state index contributed by atoms with van der Waals surface area (Å²) in [6.45, 7) is 7.56. The number of amides is 4. The quantitative estimate of drug-likeness (QED) is 0.388. The third-order valence-electron chi connectivity index (χ3n) is 4.73. The van der Waals surface area contributed by atoms with Gasteiger partial charge in [-0.3, -0.25) is 14.9 Å². The van der Waals surface area contributed by atoms with Crippen molar-refractivity contribution in [3.05, 3.63) is 36.3 Å². The minimum atomic E-state index is -1.05. The molecule has 4 amide bonds. The predicted molar refractivity (Wildman–Crippen MR) is 101 cm³/mol. The van der Waals surface area contributed by atoms with Crippen molar-refractivity contribution in [1.29, 1.82) is 0 Å². The zero-order chi connectivity index (χ0) is 20.0. The molecule has 2 aliphatic heterocycles. The molecular weight excluding hydrogens is 375 g/mol. The van der Waals surface area contributed by atoms with E-state index in [1.165, 1.54) is 6.08 Å². The van der Waals surface area contributed by atoms with Crippen molar-refractivity contribution in [3.8, 4) is 0 Å². The van der Waals surface area contributed by atoms with E-state index < -0.39 is 23.3 Å². The zero-order valence-corrected chi connectivity index (χ0v) is 16.0. The van der Waals surface area contributed by atoms with Crippen LogP contribution in [0.5, 0.6) is 0 Å². The average molecular weight is 399 g/mol. The molecule has 2 aliphatic rings. The molecule has 1 atom stereocenters. The first-order valence-electron chi connectivity index (χ1n) is 8.70. The van der Waals surface area contributed by atoms with E-state index in [0.29, 0.717) is 26.2 Å². The van der Waals surface area contributed by atoms with Gasteiger partial charge in [0.2, 0.25) is 5.91 Å². The van der Waals surface area contributed by atoms with Crippen molar-refractivity contribution in [2.45, 2.75) is 25.3 Å². The fourth-order valence-electron chi connectivity index (χ4n) is 3.01. The molecule has 2 saturated heterocycles. The largest absolute Gasteiger partial charge is 0.368 e. The number of hydrogen-bond donors (Lipinski definition) is 2. The fourth-order valence-corrected chi connectivity index (χ4v) is 3.10. The number of hydrogen-bond acceptors (Lipinski definition) is 4. The standard InChI is InChI=1S/C18H24ClFN4O3/c1-3-14(5-4-13(20)12-19)23-8-10-24(11-9-23)15(25)6-7-18(2)16(26)21-17(27)22-18/h3-5H,1,6-12H2,2H3,(H2,21,22,26,27)/b13-4+,14-5+. The van der Waals surface area contributed by atoms with Gasteiger partial charge in [-0.2, -0.15) is 0 Å². The summed E-state index contributed by atoms with van der Waals surface area (Å²) in [4.78, 5) is 39.2. The van der Waals surface area contributed by atoms with E-state index in [0.717, 1.165) is 5.70 Å². The van der Waals surface area contributed by atoms with E-state index in [1.807, 2.05) is 4.90 Å². The Labute approximate surface area is 162 Å². The first-order chi connectivity index (χ1) is 12.8. The molecule has 0 bridgehead atoms. The third kappa shape index (κ3) is 5.32. The van der Waals surface area contributed by atoms with Crippen LogP contribution in [0.1, 0.15) is 19.8 Å². The highest BCUT2D eigenvalue weighted by molar-refractivity contribution is 6.19. The highest BCUT2D eigenvalue weighted by Gasteiger charge is 2.42. The van der Waals surface area contributed by atoms with Crippen molar-refractivity contribution in [1.82, 2.24) is 20.4 Å². The van der Waals surface area contributed by atoms with E-state index in [1.54, 1.807) is 24.0 Å². The molecule has 9 heteroatoms. The van der Waals surface area contributed by atoms with Crippen LogP contribution in [0.3, 0.4) is 0 Å². The number of carbonyl (C=O) groups excluding carboxylic acids is 3. The van der Waals surface area contributed by atoms with Crippen LogP contribution >= 0.6 is 11.6 Å². The van der Waals surface area contributed by atoms with E-state index >= 15 is 0 Å². The van der Waals surface area contributed by atoms with Gasteiger partial charge in [0.05, 0.1) is 5.88 Å². The fraction of sp³-hybridized carbons (Fsp3) is 0.500. The SMILES string of the molecule is C=C/C(=C\C=C(\F)CCl)N1CCN(C(=O)CCC2(C)NC(=O)NC2=O)CC1. The molecule has 0 saturated carbocycles. The van der Waals surface area contributed by atoms with E-state index in [4.69, 9.17) is 11.6 Å². The lowest BCUT2D eigenvalue weighted by atomic mass is 9.96. The third-order valence-corrected chi connectivity index (χ3v) is 4.98. The second-order valence-corrected chi connectivity index (χ2v) is 6.92. The first kappa shape index (κ1) is 21.0. The molecule has 2 fully saturated rings. The second-order valence-electron chi connectivity index (χ2n) is 6.65. The van der Waals surface area contributed by atoms with Crippen LogP contribution in [0.25, 0.3) is 0 Å². The number of urea groups is 1. The molecular formula is C18H24ClFN4O3. The minimum absolute atomic E-state index is 0.0676. The highest BCUT2D eigenvalue weighted by atomic mass is 35.5. The summed E-state index contributed by atoms with van der Waals surface area (Å²) in [6.07, 6.45) is 4.97. The molecule has 0 aromatic heterocycles. The van der Waals surface area contributed by atoms with Crippen molar-refractivity contribution in [2.75, 3.05) is 32.1 Å². The lowest BCUT2D eigenvalue weighted by Gasteiger charge is -2.37. The van der Waals surface area contributed by atoms with E-state index in [9.17, 15) is 18.8 Å². The first-order valence-corrected chi connectivity index (χ1v) is 9.23. The zero-order valence-electron chi connectivity index (χ0n) is 15.3. The van der Waals surface area contributed by atoms with Crippen molar-refractivity contribution in [3.63, 3.8) is 0 Å². The smallest absolute Gasteiger partial charge is 0.322 e. The minimum Gasteiger partial charge on any atom is -0.368 e. The lowest BCUT2D eigenvalue weighted by Crippen LogP contribution is -2.49. The number of allylic oxidation sites excluding steroid dienone is 4. The highest BCUT2D eigenvalue weighted by Crippen LogP contribution is 2.19. The van der Waals surface area contributed by atoms with Crippen LogP contribution in [0.2, 0.25) is 0 Å². The Kier molecular flexibility index (Phi) is 7.01. The predicted octanol–water partition coefficient (Wildman–Crippen LogP) is 1.67. The maximum atomic E-state index is 13.2. The monoisotopic (exact) mass is 398 g/mol. The summed E-state index contributed by atoms with van der Waals surface area (Å²) in [5, 5.41) is 4.74. The summed E-state index contributed by atoms with van der Waals surface area (Å²) < 4.78 is 13.2. The number of nitrogens with zero attached hydrogens (tertiary/aromatic N) is 2. The van der Waals surface area contributed by atoms with Crippen LogP contribution in [-0.4, -0.2) is 65.2 Å². The van der Waals surface area contributed by atoms with Crippen LogP contribution in [0.4, 0.5) is 9.18 Å². The molecule has 0 aromatic carbocycles. The number of imide groups is 1. The Morgan fingerprint density at radius 1 is 1.26 bits per heavy atom. The molecule has 2 heterocycles. The van der Waals surface area contributed by atoms with Gasteiger partial charge in [0.15, 0.2) is 0 Å². The molecule has 7 nitrogen and oxygen atoms in total. The molecule has 2 rings (SSSR count). The van der Waals surface area contributed by atoms with Gasteiger partial charge >= 0.3 is 6.03 Å². The number of alkyl halides is 1. The van der Waals surface area contributed by atoms with Gasteiger partial charge in [0.25, 0.3) is 5.91 Å². The molecule has 2 N–H and O–H groups in total. The number of piperazine rings is 1. The molecule has 0 aromatic rings. The average Bonchev–Trinajstić information content (AvgIpc) is 2.92. The van der Waals surface area contributed by atoms with Crippen LogP contribution < -0.4 is 10.6 Å². The van der Waals surface area contributed by atoms with Crippen molar-refractivity contribution >= 4 is 29.4 Å². The Bertz CT molecular complexity index is 686. The molecule has 1 unspecified atom stereocenters. The lowest BCUT2D eigenvalue weighted by molar-refractivity contribution is -0.133. The maximum absolute atomic E-state index is 13.2. The van der Waals surface area contributed by atoms with Gasteiger partial charge in [-0.05, 0) is 31.6 Å². The second kappa shape index (κ2) is 9.03. The van der Waals surface area contributed by atoms with Crippen LogP contribution in [0, 0.1) is 0 Å². The Morgan fingerprint density at radius 3 is 2.41 bits per heavy atom. The molecule has 0 spiro atoms. The topological polar surface area (TPSA) is 81.8 Å². The van der Waals surface area contributed by atoms with Gasteiger partial charge in [-0.15, -0.1) is 11.6 Å². The summed E-state index contributed by atoms with van der Waals surface area (Å²) in [5.41, 5.74) is -0.285. The van der Waals surface area contributed by atoms with Crippen LogP contribution in [0.15, 0.2) is 36.3 Å². The molecule has 0 aliphatic carbocycles. The van der Waals surface area contributed by atoms with Crippen molar-refractivity contribution < 1.29 is 18.8 Å². The number of nitrogens with one attached hydrogen (secondary N) is 2. The van der Waals surface area contributed by atoms with Gasteiger partial charge in [-0.25, -0.2) is 9.18 Å². The molecule has 0 radical (unpaired) electrons. The summed E-state index contributed by atoms with van der Waals surface area (Å²) in [6, 6.07) is -0.535. The Balaban J connectivity index is 1.86. The normalized spacial score (nSPS) is 24.0. The van der Waals surface area contributed by atoms with Crippen molar-refractivity contribution in [2.24, 2.45) is 0 Å². The van der Waals surface area contributed by atoms with Gasteiger partial charge < -0.3 is 15.1 Å². The summed E-state index contributed by atoms with van der Waals surface area (Å²) >= 11 is 5.42. The van der Waals surface area contributed by atoms with E-state index in [-0.39, 0.29) is 24.6 Å². The molecule has 148 valence electrons. The van der Waals surface area contributed by atoms with Crippen LogP contribution in [-0.2, 0) is 9.59 Å². The summed E-state index contributed by atoms with van der Waals surface area (Å²) in [7, 11) is 0. The number of carbonyl (C=O) groups is 3. The number of rotatable bonds is 7. The Hall–Kier alpha value is -2.35. The van der Waals surface area contributed by atoms with E-state index in [2.05, 4.69) is 17.2 Å². The Morgan fingerprint density at radius 2 is 1.89 bits per heavy atom. The van der Waals surface area contributed by atoms with Gasteiger partial charge in [0, 0.05) is 38.3 Å². The van der Waals surface area contributed by atoms with Gasteiger partial charge in [0.1, 0.15) is 11.4 Å². The van der Waals surface area contributed by atoms with Gasteiger partial charge in [-0.1, -0.05) is 6.58 Å².